The third-order valence-electron chi connectivity index (χ3n) is 3.14. The second kappa shape index (κ2) is 6.23. The van der Waals surface area contributed by atoms with Crippen LogP contribution in [-0.2, 0) is 6.18 Å². The summed E-state index contributed by atoms with van der Waals surface area (Å²) in [6, 6.07) is 6.10. The molecule has 3 aromatic heterocycles. The standard InChI is InChI=1S/C16H10F3N4O/c1-24-13-9-22-15(12-4-2-3-5-21-12)23-14(13)10-6-11(8-20-7-10)16(17,18)19/h2-6,8-9H,1H3. The molecule has 0 saturated carbocycles. The number of pyridine rings is 2. The fourth-order valence-electron chi connectivity index (χ4n) is 2.00. The molecule has 0 aliphatic heterocycles. The van der Waals surface area contributed by atoms with Gasteiger partial charge in [0.1, 0.15) is 11.4 Å². The highest BCUT2D eigenvalue weighted by molar-refractivity contribution is 5.67. The summed E-state index contributed by atoms with van der Waals surface area (Å²) in [5.41, 5.74) is -0.189. The zero-order valence-corrected chi connectivity index (χ0v) is 12.4. The van der Waals surface area contributed by atoms with Crippen molar-refractivity contribution in [2.45, 2.75) is 6.18 Å². The maximum atomic E-state index is 12.9. The number of halogens is 3. The zero-order valence-electron chi connectivity index (χ0n) is 12.4. The molecule has 0 amide bonds. The van der Waals surface area contributed by atoms with Crippen LogP contribution < -0.4 is 4.74 Å². The summed E-state index contributed by atoms with van der Waals surface area (Å²) < 4.78 is 43.8. The number of alkyl halides is 3. The van der Waals surface area contributed by atoms with Crippen LogP contribution >= 0.6 is 0 Å². The minimum Gasteiger partial charge on any atom is -0.493 e. The molecular weight excluding hydrogens is 321 g/mol. The van der Waals surface area contributed by atoms with E-state index in [1.54, 1.807) is 24.4 Å². The highest BCUT2D eigenvalue weighted by Crippen LogP contribution is 2.33. The lowest BCUT2D eigenvalue weighted by molar-refractivity contribution is -0.137. The Labute approximate surface area is 135 Å². The van der Waals surface area contributed by atoms with Crippen LogP contribution in [0.5, 0.6) is 5.75 Å². The summed E-state index contributed by atoms with van der Waals surface area (Å²) in [6.07, 6.45) is 1.65. The average Bonchev–Trinajstić information content (AvgIpc) is 2.61. The molecule has 1 radical (unpaired) electrons. The molecule has 0 fully saturated rings. The van der Waals surface area contributed by atoms with Gasteiger partial charge in [0, 0.05) is 18.0 Å². The number of hydrogen-bond donors (Lipinski definition) is 0. The van der Waals surface area contributed by atoms with Gasteiger partial charge in [-0.15, -0.1) is 0 Å². The van der Waals surface area contributed by atoms with Gasteiger partial charge in [-0.05, 0) is 18.2 Å². The normalized spacial score (nSPS) is 11.3. The van der Waals surface area contributed by atoms with E-state index in [2.05, 4.69) is 26.1 Å². The van der Waals surface area contributed by atoms with Crippen LogP contribution in [0.1, 0.15) is 5.56 Å². The van der Waals surface area contributed by atoms with Gasteiger partial charge in [-0.2, -0.15) is 13.2 Å². The highest BCUT2D eigenvalue weighted by atomic mass is 19.4. The van der Waals surface area contributed by atoms with Crippen molar-refractivity contribution in [2.24, 2.45) is 0 Å². The van der Waals surface area contributed by atoms with Crippen molar-refractivity contribution in [3.63, 3.8) is 0 Å². The number of methoxy groups -OCH3 is 1. The van der Waals surface area contributed by atoms with Gasteiger partial charge in [0.25, 0.3) is 0 Å². The van der Waals surface area contributed by atoms with Crippen molar-refractivity contribution >= 4 is 0 Å². The lowest BCUT2D eigenvalue weighted by Gasteiger charge is -2.11. The molecule has 8 heteroatoms. The predicted octanol–water partition coefficient (Wildman–Crippen LogP) is 3.43. The van der Waals surface area contributed by atoms with Crippen molar-refractivity contribution in [1.29, 1.82) is 0 Å². The Kier molecular flexibility index (Phi) is 4.11. The van der Waals surface area contributed by atoms with Crippen LogP contribution in [-0.4, -0.2) is 27.0 Å². The molecular formula is C16H10F3N4O. The average molecular weight is 331 g/mol. The van der Waals surface area contributed by atoms with E-state index in [1.165, 1.54) is 13.3 Å². The number of rotatable bonds is 3. The minimum absolute atomic E-state index is 0.0567. The molecule has 0 N–H and O–H groups in total. The van der Waals surface area contributed by atoms with E-state index < -0.39 is 11.7 Å². The van der Waals surface area contributed by atoms with E-state index >= 15 is 0 Å². The van der Waals surface area contributed by atoms with E-state index in [0.29, 0.717) is 11.9 Å². The third kappa shape index (κ3) is 3.17. The summed E-state index contributed by atoms with van der Waals surface area (Å²) in [7, 11) is 1.38. The van der Waals surface area contributed by atoms with Crippen molar-refractivity contribution in [1.82, 2.24) is 19.9 Å². The molecule has 0 unspecified atom stereocenters. The van der Waals surface area contributed by atoms with Gasteiger partial charge in [0.2, 0.25) is 0 Å². The molecule has 0 saturated heterocycles. The molecule has 0 bridgehead atoms. The van der Waals surface area contributed by atoms with E-state index in [4.69, 9.17) is 4.74 Å². The Morgan fingerprint density at radius 2 is 1.96 bits per heavy atom. The van der Waals surface area contributed by atoms with Crippen LogP contribution in [0, 0.1) is 6.20 Å². The first-order chi connectivity index (χ1) is 11.5. The van der Waals surface area contributed by atoms with E-state index in [9.17, 15) is 13.2 Å². The lowest BCUT2D eigenvalue weighted by atomic mass is 10.1. The van der Waals surface area contributed by atoms with Crippen molar-refractivity contribution in [2.75, 3.05) is 7.11 Å². The van der Waals surface area contributed by atoms with Crippen LogP contribution in [0.15, 0.2) is 42.9 Å². The molecule has 0 spiro atoms. The maximum absolute atomic E-state index is 12.9. The summed E-state index contributed by atoms with van der Waals surface area (Å²) in [6.45, 7) is 0. The first-order valence-corrected chi connectivity index (χ1v) is 6.77. The second-order valence-corrected chi connectivity index (χ2v) is 4.71. The summed E-state index contributed by atoms with van der Waals surface area (Å²) in [4.78, 5) is 16.0. The molecule has 3 rings (SSSR count). The van der Waals surface area contributed by atoms with E-state index in [1.807, 2.05) is 0 Å². The van der Waals surface area contributed by atoms with E-state index in [-0.39, 0.29) is 22.8 Å². The molecule has 24 heavy (non-hydrogen) atoms. The van der Waals surface area contributed by atoms with Crippen molar-refractivity contribution in [3.05, 3.63) is 54.6 Å². The Morgan fingerprint density at radius 1 is 1.12 bits per heavy atom. The van der Waals surface area contributed by atoms with Gasteiger partial charge in [-0.25, -0.2) is 9.97 Å². The highest BCUT2D eigenvalue weighted by Gasteiger charge is 2.31. The van der Waals surface area contributed by atoms with Gasteiger partial charge in [-0.1, -0.05) is 6.07 Å². The molecule has 3 heterocycles. The van der Waals surface area contributed by atoms with Crippen LogP contribution in [0.3, 0.4) is 0 Å². The first kappa shape index (κ1) is 15.9. The Balaban J connectivity index is 2.13. The van der Waals surface area contributed by atoms with Crippen molar-refractivity contribution in [3.8, 4) is 28.5 Å². The molecule has 0 aliphatic carbocycles. The van der Waals surface area contributed by atoms with Gasteiger partial charge in [0.05, 0.1) is 25.1 Å². The quantitative estimate of drug-likeness (QED) is 0.736. The summed E-state index contributed by atoms with van der Waals surface area (Å²) >= 11 is 0. The SMILES string of the molecule is COc1cnc(-c2ccccn2)nc1-c1[c]ncc(C(F)(F)F)c1. The van der Waals surface area contributed by atoms with Crippen LogP contribution in [0.4, 0.5) is 13.2 Å². The fraction of sp³-hybridized carbons (Fsp3) is 0.125. The molecule has 0 aromatic carbocycles. The number of hydrogen-bond acceptors (Lipinski definition) is 5. The van der Waals surface area contributed by atoms with E-state index in [0.717, 1.165) is 6.07 Å². The summed E-state index contributed by atoms with van der Waals surface area (Å²) in [5, 5.41) is 0. The second-order valence-electron chi connectivity index (χ2n) is 4.71. The minimum atomic E-state index is -4.51. The van der Waals surface area contributed by atoms with Gasteiger partial charge in [-0.3, -0.25) is 9.97 Å². The molecule has 5 nitrogen and oxygen atoms in total. The Morgan fingerprint density at radius 3 is 2.62 bits per heavy atom. The number of nitrogens with zero attached hydrogens (tertiary/aromatic N) is 4. The monoisotopic (exact) mass is 331 g/mol. The van der Waals surface area contributed by atoms with Crippen LogP contribution in [0.2, 0.25) is 0 Å². The number of aromatic nitrogens is 4. The molecule has 121 valence electrons. The maximum Gasteiger partial charge on any atom is 0.417 e. The molecule has 3 aromatic rings. The summed E-state index contributed by atoms with van der Waals surface area (Å²) in [5.74, 6) is 0.476. The fourth-order valence-corrected chi connectivity index (χ4v) is 2.00. The van der Waals surface area contributed by atoms with Gasteiger partial charge in [0.15, 0.2) is 11.6 Å². The Hall–Kier alpha value is -3.03. The topological polar surface area (TPSA) is 60.8 Å². The van der Waals surface area contributed by atoms with Gasteiger partial charge < -0.3 is 4.74 Å². The zero-order chi connectivity index (χ0) is 17.2. The predicted molar refractivity (Wildman–Crippen MR) is 78.9 cm³/mol. The number of ether oxygens (including phenoxy) is 1. The van der Waals surface area contributed by atoms with Gasteiger partial charge >= 0.3 is 6.18 Å². The lowest BCUT2D eigenvalue weighted by Crippen LogP contribution is -2.06. The third-order valence-corrected chi connectivity index (χ3v) is 3.14. The largest absolute Gasteiger partial charge is 0.493 e. The first-order valence-electron chi connectivity index (χ1n) is 6.77. The smallest absolute Gasteiger partial charge is 0.417 e. The molecule has 0 aliphatic rings. The van der Waals surface area contributed by atoms with Crippen molar-refractivity contribution < 1.29 is 17.9 Å². The van der Waals surface area contributed by atoms with Crippen LogP contribution in [0.25, 0.3) is 22.8 Å². The molecule has 0 atom stereocenters. The Bertz CT molecular complexity index is 853.